The van der Waals surface area contributed by atoms with Gasteiger partial charge >= 0.3 is 0 Å². The van der Waals surface area contributed by atoms with Crippen LogP contribution in [-0.4, -0.2) is 24.8 Å². The molecule has 0 saturated carbocycles. The Balaban J connectivity index is 2.69. The van der Waals surface area contributed by atoms with E-state index in [4.69, 9.17) is 16.2 Å². The standard InChI is InChI=1S/C11H18N2O2/c1-15-9-4-2-8(3-5-9)11(14)10(13)6-7-12/h2-5,10-11,14H,6-7,12-13H2,1H3. The van der Waals surface area contributed by atoms with Crippen LogP contribution in [0.1, 0.15) is 18.1 Å². The highest BCUT2D eigenvalue weighted by atomic mass is 16.5. The summed E-state index contributed by atoms with van der Waals surface area (Å²) in [5, 5.41) is 9.86. The van der Waals surface area contributed by atoms with E-state index in [1.54, 1.807) is 31.4 Å². The molecule has 5 N–H and O–H groups in total. The molecule has 15 heavy (non-hydrogen) atoms. The molecular weight excluding hydrogens is 192 g/mol. The second-order valence-electron chi connectivity index (χ2n) is 3.46. The van der Waals surface area contributed by atoms with Crippen molar-refractivity contribution < 1.29 is 9.84 Å². The number of hydrogen-bond donors (Lipinski definition) is 3. The van der Waals surface area contributed by atoms with E-state index >= 15 is 0 Å². The van der Waals surface area contributed by atoms with Gasteiger partial charge in [-0.3, -0.25) is 0 Å². The van der Waals surface area contributed by atoms with Crippen LogP contribution in [0.25, 0.3) is 0 Å². The maximum Gasteiger partial charge on any atom is 0.118 e. The number of rotatable bonds is 5. The maximum absolute atomic E-state index is 9.86. The predicted molar refractivity (Wildman–Crippen MR) is 59.6 cm³/mol. The quantitative estimate of drug-likeness (QED) is 0.657. The number of nitrogens with two attached hydrogens (primary N) is 2. The zero-order chi connectivity index (χ0) is 11.3. The highest BCUT2D eigenvalue weighted by molar-refractivity contribution is 5.28. The van der Waals surface area contributed by atoms with E-state index in [2.05, 4.69) is 0 Å². The SMILES string of the molecule is COc1ccc(C(O)C(N)CCN)cc1. The lowest BCUT2D eigenvalue weighted by Crippen LogP contribution is -2.30. The summed E-state index contributed by atoms with van der Waals surface area (Å²) in [5.41, 5.74) is 11.9. The zero-order valence-corrected chi connectivity index (χ0v) is 8.89. The van der Waals surface area contributed by atoms with Gasteiger partial charge in [-0.25, -0.2) is 0 Å². The fourth-order valence-electron chi connectivity index (χ4n) is 1.40. The second-order valence-corrected chi connectivity index (χ2v) is 3.46. The van der Waals surface area contributed by atoms with Crippen molar-refractivity contribution in [1.29, 1.82) is 0 Å². The summed E-state index contributed by atoms with van der Waals surface area (Å²) in [6.07, 6.45) is -0.0628. The molecule has 0 bridgehead atoms. The minimum atomic E-state index is -0.667. The van der Waals surface area contributed by atoms with Gasteiger partial charge in [0.05, 0.1) is 13.2 Å². The van der Waals surface area contributed by atoms with Crippen molar-refractivity contribution in [3.8, 4) is 5.75 Å². The van der Waals surface area contributed by atoms with Crippen LogP contribution in [0.2, 0.25) is 0 Å². The molecule has 4 nitrogen and oxygen atoms in total. The number of aliphatic hydroxyl groups excluding tert-OH is 1. The van der Waals surface area contributed by atoms with Crippen molar-refractivity contribution >= 4 is 0 Å². The molecule has 0 aliphatic rings. The number of benzene rings is 1. The Hall–Kier alpha value is -1.10. The minimum absolute atomic E-state index is 0.316. The Bertz CT molecular complexity index is 287. The molecule has 0 aromatic heterocycles. The third-order valence-corrected chi connectivity index (χ3v) is 2.36. The first-order valence-corrected chi connectivity index (χ1v) is 4.96. The van der Waals surface area contributed by atoms with Crippen LogP contribution in [0.4, 0.5) is 0 Å². The lowest BCUT2D eigenvalue weighted by atomic mass is 10.0. The Morgan fingerprint density at radius 3 is 2.40 bits per heavy atom. The topological polar surface area (TPSA) is 81.5 Å². The van der Waals surface area contributed by atoms with Crippen LogP contribution in [0.15, 0.2) is 24.3 Å². The molecule has 0 amide bonds. The summed E-state index contributed by atoms with van der Waals surface area (Å²) in [5.74, 6) is 0.762. The van der Waals surface area contributed by atoms with Crippen LogP contribution in [0, 0.1) is 0 Å². The van der Waals surface area contributed by atoms with Gasteiger partial charge in [0.15, 0.2) is 0 Å². The third kappa shape index (κ3) is 3.20. The van der Waals surface area contributed by atoms with E-state index in [-0.39, 0.29) is 6.04 Å². The van der Waals surface area contributed by atoms with Crippen molar-refractivity contribution in [3.63, 3.8) is 0 Å². The highest BCUT2D eigenvalue weighted by Gasteiger charge is 2.15. The molecule has 0 aliphatic carbocycles. The predicted octanol–water partition coefficient (Wildman–Crippen LogP) is 0.405. The van der Waals surface area contributed by atoms with E-state index < -0.39 is 6.10 Å². The second kappa shape index (κ2) is 5.70. The fraction of sp³-hybridized carbons (Fsp3) is 0.455. The van der Waals surface area contributed by atoms with Gasteiger partial charge in [-0.2, -0.15) is 0 Å². The van der Waals surface area contributed by atoms with Gasteiger partial charge in [0.2, 0.25) is 0 Å². The summed E-state index contributed by atoms with van der Waals surface area (Å²) < 4.78 is 5.02. The van der Waals surface area contributed by atoms with E-state index in [0.29, 0.717) is 13.0 Å². The van der Waals surface area contributed by atoms with Gasteiger partial charge in [0.1, 0.15) is 5.75 Å². The summed E-state index contributed by atoms with van der Waals surface area (Å²) in [6, 6.07) is 6.89. The molecule has 1 aromatic rings. The van der Waals surface area contributed by atoms with Crippen molar-refractivity contribution in [3.05, 3.63) is 29.8 Å². The van der Waals surface area contributed by atoms with Crippen molar-refractivity contribution in [2.75, 3.05) is 13.7 Å². The number of hydrogen-bond acceptors (Lipinski definition) is 4. The van der Waals surface area contributed by atoms with Crippen molar-refractivity contribution in [1.82, 2.24) is 0 Å². The summed E-state index contributed by atoms with van der Waals surface area (Å²) in [6.45, 7) is 0.481. The molecule has 0 radical (unpaired) electrons. The molecule has 84 valence electrons. The highest BCUT2D eigenvalue weighted by Crippen LogP contribution is 2.20. The van der Waals surface area contributed by atoms with Gasteiger partial charge in [0, 0.05) is 6.04 Å². The summed E-state index contributed by atoms with van der Waals surface area (Å²) in [7, 11) is 1.60. The van der Waals surface area contributed by atoms with Crippen LogP contribution in [0.5, 0.6) is 5.75 Å². The number of aliphatic hydroxyl groups is 1. The van der Waals surface area contributed by atoms with Gasteiger partial charge in [-0.1, -0.05) is 12.1 Å². The van der Waals surface area contributed by atoms with E-state index in [1.807, 2.05) is 0 Å². The molecule has 0 saturated heterocycles. The van der Waals surface area contributed by atoms with Crippen LogP contribution < -0.4 is 16.2 Å². The molecule has 0 heterocycles. The first-order valence-electron chi connectivity index (χ1n) is 4.96. The molecule has 0 aliphatic heterocycles. The van der Waals surface area contributed by atoms with E-state index in [0.717, 1.165) is 11.3 Å². The van der Waals surface area contributed by atoms with Crippen LogP contribution >= 0.6 is 0 Å². The smallest absolute Gasteiger partial charge is 0.118 e. The summed E-state index contributed by atoms with van der Waals surface area (Å²) in [4.78, 5) is 0. The first kappa shape index (κ1) is 12.0. The lowest BCUT2D eigenvalue weighted by molar-refractivity contribution is 0.143. The molecule has 4 heteroatoms. The van der Waals surface area contributed by atoms with Crippen LogP contribution in [0.3, 0.4) is 0 Å². The third-order valence-electron chi connectivity index (χ3n) is 2.36. The fourth-order valence-corrected chi connectivity index (χ4v) is 1.40. The van der Waals surface area contributed by atoms with Crippen LogP contribution in [-0.2, 0) is 0 Å². The Labute approximate surface area is 89.8 Å². The van der Waals surface area contributed by atoms with Crippen molar-refractivity contribution in [2.24, 2.45) is 11.5 Å². The molecular formula is C11H18N2O2. The molecule has 0 fully saturated rings. The normalized spacial score (nSPS) is 14.7. The molecule has 1 rings (SSSR count). The van der Waals surface area contributed by atoms with E-state index in [1.165, 1.54) is 0 Å². The molecule has 2 atom stereocenters. The molecule has 2 unspecified atom stereocenters. The number of methoxy groups -OCH3 is 1. The van der Waals surface area contributed by atoms with Gasteiger partial charge in [-0.15, -0.1) is 0 Å². The number of ether oxygens (including phenoxy) is 1. The monoisotopic (exact) mass is 210 g/mol. The molecule has 0 spiro atoms. The average Bonchev–Trinajstić information content (AvgIpc) is 2.28. The van der Waals surface area contributed by atoms with Gasteiger partial charge in [-0.05, 0) is 30.7 Å². The maximum atomic E-state index is 9.86. The zero-order valence-electron chi connectivity index (χ0n) is 8.89. The lowest BCUT2D eigenvalue weighted by Gasteiger charge is -2.18. The van der Waals surface area contributed by atoms with Gasteiger partial charge in [0.25, 0.3) is 0 Å². The Morgan fingerprint density at radius 1 is 1.33 bits per heavy atom. The average molecular weight is 210 g/mol. The summed E-state index contributed by atoms with van der Waals surface area (Å²) >= 11 is 0. The minimum Gasteiger partial charge on any atom is -0.497 e. The van der Waals surface area contributed by atoms with E-state index in [9.17, 15) is 5.11 Å². The largest absolute Gasteiger partial charge is 0.497 e. The Morgan fingerprint density at radius 2 is 1.93 bits per heavy atom. The Kier molecular flexibility index (Phi) is 4.55. The van der Waals surface area contributed by atoms with Crippen molar-refractivity contribution in [2.45, 2.75) is 18.6 Å². The molecule has 1 aromatic carbocycles. The van der Waals surface area contributed by atoms with Gasteiger partial charge < -0.3 is 21.3 Å². The first-order chi connectivity index (χ1) is 7.19.